The van der Waals surface area contributed by atoms with Gasteiger partial charge in [-0.15, -0.1) is 0 Å². The summed E-state index contributed by atoms with van der Waals surface area (Å²) in [6.45, 7) is 1.08. The van der Waals surface area contributed by atoms with E-state index in [0.29, 0.717) is 0 Å². The van der Waals surface area contributed by atoms with Gasteiger partial charge in [-0.3, -0.25) is 18.9 Å². The molecule has 4 N–H and O–H groups in total. The second-order valence-electron chi connectivity index (χ2n) is 3.14. The average Bonchev–Trinajstić information content (AvgIpc) is 2.06. The van der Waals surface area contributed by atoms with Crippen molar-refractivity contribution in [1.29, 1.82) is 0 Å². The molecule has 0 saturated carbocycles. The van der Waals surface area contributed by atoms with Crippen LogP contribution in [0.5, 0.6) is 0 Å². The van der Waals surface area contributed by atoms with Crippen LogP contribution in [-0.4, -0.2) is 47.1 Å². The predicted octanol–water partition coefficient (Wildman–Crippen LogP) is -3.01. The van der Waals surface area contributed by atoms with Crippen molar-refractivity contribution in [3.05, 3.63) is 0 Å². The molecule has 1 saturated heterocycles. The molecule has 0 aromatic heterocycles. The molecular formula is C6H9N3O6S. The summed E-state index contributed by atoms with van der Waals surface area (Å²) in [7, 11) is -4.85. The topological polar surface area (TPSA) is 147 Å². The molecule has 0 aromatic carbocycles. The first-order chi connectivity index (χ1) is 7.16. The van der Waals surface area contributed by atoms with E-state index in [2.05, 4.69) is 5.32 Å². The van der Waals surface area contributed by atoms with Crippen molar-refractivity contribution in [3.8, 4) is 0 Å². The molecule has 0 aliphatic carbocycles. The van der Waals surface area contributed by atoms with Crippen molar-refractivity contribution in [2.24, 2.45) is 5.73 Å². The van der Waals surface area contributed by atoms with E-state index in [1.807, 2.05) is 0 Å². The summed E-state index contributed by atoms with van der Waals surface area (Å²) < 4.78 is 30.0. The Hall–Kier alpha value is -1.68. The van der Waals surface area contributed by atoms with E-state index in [1.165, 1.54) is 0 Å². The van der Waals surface area contributed by atoms with Crippen molar-refractivity contribution < 1.29 is 27.4 Å². The first-order valence-corrected chi connectivity index (χ1v) is 5.43. The second kappa shape index (κ2) is 3.72. The van der Waals surface area contributed by atoms with Gasteiger partial charge in [0.05, 0.1) is 0 Å². The molecule has 1 heterocycles. The minimum Gasteiger partial charge on any atom is -0.368 e. The summed E-state index contributed by atoms with van der Waals surface area (Å²) in [5.74, 6) is -2.88. The van der Waals surface area contributed by atoms with Gasteiger partial charge in [0.25, 0.3) is 5.91 Å². The molecule has 0 bridgehead atoms. The van der Waals surface area contributed by atoms with Gasteiger partial charge in [-0.25, -0.2) is 0 Å². The Balaban J connectivity index is 2.99. The van der Waals surface area contributed by atoms with Crippen LogP contribution in [0.4, 0.5) is 0 Å². The molecule has 2 atom stereocenters. The standard InChI is InChI=1S/C6H9N3O6S/c1-2(10)8-3-4(5(7)11)9(6(3)12)16(13,14)15/h3-4H,1H3,(H2,7,11)(H,8,10)(H,13,14,15). The normalized spacial score (nSPS) is 24.9. The molecule has 2 unspecified atom stereocenters. The van der Waals surface area contributed by atoms with Crippen LogP contribution < -0.4 is 11.1 Å². The van der Waals surface area contributed by atoms with Gasteiger partial charge in [0.15, 0.2) is 6.04 Å². The van der Waals surface area contributed by atoms with E-state index in [-0.39, 0.29) is 4.31 Å². The van der Waals surface area contributed by atoms with Crippen LogP contribution in [0, 0.1) is 0 Å². The quantitative estimate of drug-likeness (QED) is 0.359. The zero-order chi connectivity index (χ0) is 12.7. The third-order valence-corrected chi connectivity index (χ3v) is 2.85. The highest BCUT2D eigenvalue weighted by atomic mass is 32.2. The summed E-state index contributed by atoms with van der Waals surface area (Å²) in [6, 6.07) is -2.94. The van der Waals surface area contributed by atoms with Gasteiger partial charge < -0.3 is 11.1 Å². The number of carbonyl (C=O) groups excluding carboxylic acids is 3. The second-order valence-corrected chi connectivity index (χ2v) is 4.43. The lowest BCUT2D eigenvalue weighted by Gasteiger charge is -2.41. The van der Waals surface area contributed by atoms with E-state index >= 15 is 0 Å². The predicted molar refractivity (Wildman–Crippen MR) is 49.0 cm³/mol. The fourth-order valence-electron chi connectivity index (χ4n) is 1.36. The average molecular weight is 251 g/mol. The van der Waals surface area contributed by atoms with Crippen molar-refractivity contribution in [2.75, 3.05) is 0 Å². The number of nitrogens with one attached hydrogen (secondary N) is 1. The smallest absolute Gasteiger partial charge is 0.363 e. The third kappa shape index (κ3) is 1.97. The van der Waals surface area contributed by atoms with Crippen molar-refractivity contribution in [3.63, 3.8) is 0 Å². The van der Waals surface area contributed by atoms with Gasteiger partial charge in [0.2, 0.25) is 11.8 Å². The Morgan fingerprint density at radius 1 is 1.50 bits per heavy atom. The number of rotatable bonds is 3. The molecule has 90 valence electrons. The van der Waals surface area contributed by atoms with Crippen LogP contribution in [0.1, 0.15) is 6.92 Å². The Kier molecular flexibility index (Phi) is 2.88. The molecule has 16 heavy (non-hydrogen) atoms. The highest BCUT2D eigenvalue weighted by molar-refractivity contribution is 7.84. The van der Waals surface area contributed by atoms with E-state index in [9.17, 15) is 22.8 Å². The molecule has 0 spiro atoms. The number of β-lactam (4-membered cyclic amide) rings is 1. The number of carbonyl (C=O) groups is 3. The summed E-state index contributed by atoms with van der Waals surface area (Å²) in [6.07, 6.45) is 0. The molecule has 1 aliphatic heterocycles. The highest BCUT2D eigenvalue weighted by Gasteiger charge is 2.56. The molecule has 10 heteroatoms. The summed E-state index contributed by atoms with van der Waals surface area (Å²) in [4.78, 5) is 32.8. The number of hydrogen-bond acceptors (Lipinski definition) is 5. The fourth-order valence-corrected chi connectivity index (χ4v) is 2.21. The first-order valence-electron chi connectivity index (χ1n) is 4.03. The largest absolute Gasteiger partial charge is 0.368 e. The highest BCUT2D eigenvalue weighted by Crippen LogP contribution is 2.23. The zero-order valence-corrected chi connectivity index (χ0v) is 8.89. The van der Waals surface area contributed by atoms with Crippen LogP contribution in [0.2, 0.25) is 0 Å². The lowest BCUT2D eigenvalue weighted by Crippen LogP contribution is -2.75. The lowest BCUT2D eigenvalue weighted by atomic mass is 9.98. The van der Waals surface area contributed by atoms with Crippen molar-refractivity contribution in [1.82, 2.24) is 9.62 Å². The molecular weight excluding hydrogens is 242 g/mol. The molecule has 0 aromatic rings. The molecule has 1 fully saturated rings. The maximum Gasteiger partial charge on any atom is 0.363 e. The summed E-state index contributed by atoms with van der Waals surface area (Å²) >= 11 is 0. The maximum absolute atomic E-state index is 11.2. The molecule has 9 nitrogen and oxygen atoms in total. The molecule has 1 aliphatic rings. The van der Waals surface area contributed by atoms with E-state index in [4.69, 9.17) is 10.3 Å². The Morgan fingerprint density at radius 2 is 2.00 bits per heavy atom. The minimum atomic E-state index is -4.85. The maximum atomic E-state index is 11.2. The minimum absolute atomic E-state index is 0.0735. The van der Waals surface area contributed by atoms with E-state index < -0.39 is 40.1 Å². The zero-order valence-electron chi connectivity index (χ0n) is 8.08. The Morgan fingerprint density at radius 3 is 2.31 bits per heavy atom. The van der Waals surface area contributed by atoms with Crippen LogP contribution >= 0.6 is 0 Å². The molecule has 0 radical (unpaired) electrons. The summed E-state index contributed by atoms with van der Waals surface area (Å²) in [5.41, 5.74) is 4.85. The number of nitrogens with zero attached hydrogens (tertiary/aromatic N) is 1. The monoisotopic (exact) mass is 251 g/mol. The molecule has 3 amide bonds. The summed E-state index contributed by atoms with van der Waals surface area (Å²) in [5, 5.41) is 2.06. The number of nitrogens with two attached hydrogens (primary N) is 1. The fraction of sp³-hybridized carbons (Fsp3) is 0.500. The van der Waals surface area contributed by atoms with Gasteiger partial charge in [-0.2, -0.15) is 12.7 Å². The van der Waals surface area contributed by atoms with Crippen molar-refractivity contribution >= 4 is 28.0 Å². The van der Waals surface area contributed by atoms with Gasteiger partial charge in [-0.05, 0) is 0 Å². The van der Waals surface area contributed by atoms with Crippen molar-refractivity contribution in [2.45, 2.75) is 19.0 Å². The first kappa shape index (κ1) is 12.4. The van der Waals surface area contributed by atoms with E-state index in [0.717, 1.165) is 6.92 Å². The number of amides is 3. The lowest BCUT2D eigenvalue weighted by molar-refractivity contribution is -0.151. The number of primary amides is 1. The van der Waals surface area contributed by atoms with Crippen LogP contribution in [0.25, 0.3) is 0 Å². The Labute approximate surface area is 90.5 Å². The van der Waals surface area contributed by atoms with Crippen LogP contribution in [0.3, 0.4) is 0 Å². The van der Waals surface area contributed by atoms with Gasteiger partial charge >= 0.3 is 10.3 Å². The number of hydrogen-bond donors (Lipinski definition) is 3. The van der Waals surface area contributed by atoms with Crippen LogP contribution in [0.15, 0.2) is 0 Å². The van der Waals surface area contributed by atoms with Gasteiger partial charge in [0, 0.05) is 6.92 Å². The Bertz CT molecular complexity index is 457. The molecule has 1 rings (SSSR count). The third-order valence-electron chi connectivity index (χ3n) is 1.95. The van der Waals surface area contributed by atoms with Crippen LogP contribution in [-0.2, 0) is 24.7 Å². The van der Waals surface area contributed by atoms with Gasteiger partial charge in [0.1, 0.15) is 6.04 Å². The van der Waals surface area contributed by atoms with E-state index in [1.54, 1.807) is 0 Å². The SMILES string of the molecule is CC(=O)NC1C(=O)N(S(=O)(=O)O)C1C(N)=O. The van der Waals surface area contributed by atoms with Gasteiger partial charge in [-0.1, -0.05) is 0 Å².